The number of benzene rings is 1. The summed E-state index contributed by atoms with van der Waals surface area (Å²) < 4.78 is 15.1. The first-order valence-corrected chi connectivity index (χ1v) is 9.51. The number of aliphatic hydroxyl groups is 1. The Morgan fingerprint density at radius 2 is 1.93 bits per heavy atom. The van der Waals surface area contributed by atoms with Crippen LogP contribution in [0.5, 0.6) is 0 Å². The van der Waals surface area contributed by atoms with Gasteiger partial charge in [-0.25, -0.2) is 14.2 Å². The Bertz CT molecular complexity index is 997. The number of nitrogens with zero attached hydrogens (tertiary/aromatic N) is 3. The number of rotatable bonds is 8. The summed E-state index contributed by atoms with van der Waals surface area (Å²) in [5.41, 5.74) is 3.26. The number of carbonyl (C=O) groups is 1. The molecule has 2 N–H and O–H groups in total. The van der Waals surface area contributed by atoms with Crippen molar-refractivity contribution >= 4 is 5.97 Å². The van der Waals surface area contributed by atoms with Crippen LogP contribution in [0.15, 0.2) is 42.6 Å². The molecule has 0 amide bonds. The SMILES string of the molecule is Cc1cc(C(=O)O)cc(CCCc2ncc(C(C)O)n2Cc2ccc(F)cc2)n1. The smallest absolute Gasteiger partial charge is 0.335 e. The van der Waals surface area contributed by atoms with Crippen LogP contribution in [-0.2, 0) is 19.4 Å². The number of carboxylic acid groups (broad SMARTS) is 1. The molecular formula is C22H24FN3O3. The Kier molecular flexibility index (Phi) is 6.39. The minimum Gasteiger partial charge on any atom is -0.478 e. The van der Waals surface area contributed by atoms with E-state index in [9.17, 15) is 19.4 Å². The van der Waals surface area contributed by atoms with Gasteiger partial charge >= 0.3 is 5.97 Å². The zero-order valence-corrected chi connectivity index (χ0v) is 16.5. The molecule has 0 bridgehead atoms. The summed E-state index contributed by atoms with van der Waals surface area (Å²) in [5.74, 6) is -0.439. The van der Waals surface area contributed by atoms with E-state index in [0.717, 1.165) is 23.5 Å². The van der Waals surface area contributed by atoms with Crippen molar-refractivity contribution in [2.45, 2.75) is 45.8 Å². The number of halogens is 1. The van der Waals surface area contributed by atoms with Gasteiger partial charge in [0, 0.05) is 24.4 Å². The molecule has 3 rings (SSSR count). The molecule has 0 spiro atoms. The van der Waals surface area contributed by atoms with Gasteiger partial charge < -0.3 is 14.8 Å². The normalized spacial score (nSPS) is 12.1. The number of aromatic nitrogens is 3. The lowest BCUT2D eigenvalue weighted by Crippen LogP contribution is -2.11. The van der Waals surface area contributed by atoms with Gasteiger partial charge in [0.1, 0.15) is 11.6 Å². The average molecular weight is 397 g/mol. The maximum Gasteiger partial charge on any atom is 0.335 e. The summed E-state index contributed by atoms with van der Waals surface area (Å²) in [6.07, 6.45) is 2.99. The number of carboxylic acids is 1. The summed E-state index contributed by atoms with van der Waals surface area (Å²) in [6, 6.07) is 9.41. The molecule has 1 aromatic carbocycles. The van der Waals surface area contributed by atoms with Crippen molar-refractivity contribution in [3.63, 3.8) is 0 Å². The van der Waals surface area contributed by atoms with Crippen molar-refractivity contribution < 1.29 is 19.4 Å². The molecule has 0 aliphatic heterocycles. The van der Waals surface area contributed by atoms with Crippen molar-refractivity contribution in [1.82, 2.24) is 14.5 Å². The van der Waals surface area contributed by atoms with E-state index in [1.807, 2.05) is 4.57 Å². The van der Waals surface area contributed by atoms with E-state index in [1.165, 1.54) is 12.1 Å². The second-order valence-electron chi connectivity index (χ2n) is 7.14. The predicted octanol–water partition coefficient (Wildman–Crippen LogP) is 3.70. The third kappa shape index (κ3) is 5.26. The van der Waals surface area contributed by atoms with Gasteiger partial charge in [0.15, 0.2) is 0 Å². The highest BCUT2D eigenvalue weighted by Gasteiger charge is 2.15. The van der Waals surface area contributed by atoms with Crippen molar-refractivity contribution in [3.05, 3.63) is 82.4 Å². The molecule has 0 radical (unpaired) electrons. The van der Waals surface area contributed by atoms with Crippen molar-refractivity contribution in [1.29, 1.82) is 0 Å². The van der Waals surface area contributed by atoms with E-state index in [-0.39, 0.29) is 11.4 Å². The number of hydrogen-bond acceptors (Lipinski definition) is 4. The number of aryl methyl sites for hydroxylation is 3. The molecule has 7 heteroatoms. The minimum absolute atomic E-state index is 0.238. The maximum atomic E-state index is 13.2. The van der Waals surface area contributed by atoms with Crippen LogP contribution in [-0.4, -0.2) is 30.7 Å². The molecule has 29 heavy (non-hydrogen) atoms. The molecule has 0 fully saturated rings. The third-order valence-electron chi connectivity index (χ3n) is 4.74. The largest absolute Gasteiger partial charge is 0.478 e. The summed E-state index contributed by atoms with van der Waals surface area (Å²) in [5, 5.41) is 19.3. The second-order valence-corrected chi connectivity index (χ2v) is 7.14. The first-order valence-electron chi connectivity index (χ1n) is 9.51. The van der Waals surface area contributed by atoms with Crippen molar-refractivity contribution in [3.8, 4) is 0 Å². The van der Waals surface area contributed by atoms with Crippen LogP contribution < -0.4 is 0 Å². The van der Waals surface area contributed by atoms with Crippen LogP contribution >= 0.6 is 0 Å². The van der Waals surface area contributed by atoms with Gasteiger partial charge in [0.2, 0.25) is 0 Å². The molecule has 0 aliphatic rings. The van der Waals surface area contributed by atoms with E-state index >= 15 is 0 Å². The van der Waals surface area contributed by atoms with Crippen LogP contribution in [0.4, 0.5) is 4.39 Å². The number of aromatic carboxylic acids is 1. The quantitative estimate of drug-likeness (QED) is 0.605. The van der Waals surface area contributed by atoms with Gasteiger partial charge in [0.25, 0.3) is 0 Å². The van der Waals surface area contributed by atoms with Crippen LogP contribution in [0.25, 0.3) is 0 Å². The molecule has 3 aromatic rings. The molecule has 6 nitrogen and oxygen atoms in total. The minimum atomic E-state index is -0.965. The van der Waals surface area contributed by atoms with Crippen molar-refractivity contribution in [2.24, 2.45) is 0 Å². The molecule has 0 aliphatic carbocycles. The van der Waals surface area contributed by atoms with Crippen LogP contribution in [0, 0.1) is 12.7 Å². The number of aliphatic hydroxyl groups excluding tert-OH is 1. The van der Waals surface area contributed by atoms with E-state index in [2.05, 4.69) is 9.97 Å². The zero-order chi connectivity index (χ0) is 21.0. The lowest BCUT2D eigenvalue weighted by molar-refractivity contribution is 0.0696. The topological polar surface area (TPSA) is 88.2 Å². The Balaban J connectivity index is 1.74. The Hall–Kier alpha value is -3.06. The molecule has 152 valence electrons. The molecule has 1 atom stereocenters. The van der Waals surface area contributed by atoms with Crippen LogP contribution in [0.2, 0.25) is 0 Å². The third-order valence-corrected chi connectivity index (χ3v) is 4.74. The molecule has 2 aromatic heterocycles. The molecular weight excluding hydrogens is 373 g/mol. The van der Waals surface area contributed by atoms with Crippen LogP contribution in [0.3, 0.4) is 0 Å². The number of hydrogen-bond donors (Lipinski definition) is 2. The zero-order valence-electron chi connectivity index (χ0n) is 16.5. The fraction of sp³-hybridized carbons (Fsp3) is 0.318. The summed E-state index contributed by atoms with van der Waals surface area (Å²) in [4.78, 5) is 20.1. The molecule has 2 heterocycles. The fourth-order valence-electron chi connectivity index (χ4n) is 3.33. The highest BCUT2D eigenvalue weighted by atomic mass is 19.1. The second kappa shape index (κ2) is 8.96. The van der Waals surface area contributed by atoms with Gasteiger partial charge in [-0.05, 0) is 56.5 Å². The van der Waals surface area contributed by atoms with Gasteiger partial charge in [-0.15, -0.1) is 0 Å². The predicted molar refractivity (Wildman–Crippen MR) is 106 cm³/mol. The first-order chi connectivity index (χ1) is 13.8. The standard InChI is InChI=1S/C22H24FN3O3/c1-14-10-17(22(28)29)11-19(25-14)4-3-5-21-24-12-20(15(2)27)26(21)13-16-6-8-18(23)9-7-16/h6-12,15,27H,3-5,13H2,1-2H3,(H,28,29). The van der Waals surface area contributed by atoms with Gasteiger partial charge in [-0.3, -0.25) is 4.98 Å². The van der Waals surface area contributed by atoms with Gasteiger partial charge in [-0.1, -0.05) is 12.1 Å². The highest BCUT2D eigenvalue weighted by molar-refractivity contribution is 5.87. The summed E-state index contributed by atoms with van der Waals surface area (Å²) in [7, 11) is 0. The monoisotopic (exact) mass is 397 g/mol. The molecule has 0 saturated heterocycles. The summed E-state index contributed by atoms with van der Waals surface area (Å²) >= 11 is 0. The van der Waals surface area contributed by atoms with Gasteiger partial charge in [0.05, 0.1) is 23.6 Å². The maximum absolute atomic E-state index is 13.2. The molecule has 1 unspecified atom stereocenters. The van der Waals surface area contributed by atoms with Crippen LogP contribution in [0.1, 0.15) is 58.3 Å². The Morgan fingerprint density at radius 1 is 1.21 bits per heavy atom. The fourth-order valence-corrected chi connectivity index (χ4v) is 3.33. The molecule has 0 saturated carbocycles. The van der Waals surface area contributed by atoms with E-state index in [1.54, 1.807) is 44.3 Å². The number of imidazole rings is 1. The Labute approximate surface area is 168 Å². The lowest BCUT2D eigenvalue weighted by Gasteiger charge is -2.14. The average Bonchev–Trinajstić information content (AvgIpc) is 3.06. The van der Waals surface area contributed by atoms with E-state index < -0.39 is 12.1 Å². The number of pyridine rings is 1. The van der Waals surface area contributed by atoms with Crippen molar-refractivity contribution in [2.75, 3.05) is 0 Å². The highest BCUT2D eigenvalue weighted by Crippen LogP contribution is 2.19. The Morgan fingerprint density at radius 3 is 2.59 bits per heavy atom. The summed E-state index contributed by atoms with van der Waals surface area (Å²) in [6.45, 7) is 3.95. The van der Waals surface area contributed by atoms with E-state index in [4.69, 9.17) is 0 Å². The first kappa shape index (κ1) is 20.7. The lowest BCUT2D eigenvalue weighted by atomic mass is 10.1. The van der Waals surface area contributed by atoms with Gasteiger partial charge in [-0.2, -0.15) is 0 Å². The van der Waals surface area contributed by atoms with E-state index in [0.29, 0.717) is 30.8 Å².